The molecule has 1 rings (SSSR count). The molecule has 0 spiro atoms. The van der Waals surface area contributed by atoms with Crippen LogP contribution in [0.4, 0.5) is 5.69 Å². The molecule has 0 amide bonds. The molecule has 0 bridgehead atoms. The van der Waals surface area contributed by atoms with Crippen LogP contribution in [0.3, 0.4) is 0 Å². The zero-order chi connectivity index (χ0) is 11.1. The molecule has 0 saturated carbocycles. The fourth-order valence-corrected chi connectivity index (χ4v) is 0.940. The summed E-state index contributed by atoms with van der Waals surface area (Å²) in [6, 6.07) is 6.14. The summed E-state index contributed by atoms with van der Waals surface area (Å²) in [4.78, 5) is 12.6. The molecule has 0 saturated heterocycles. The molecule has 0 N–H and O–H groups in total. The Morgan fingerprint density at radius 1 is 1.53 bits per heavy atom. The molecular formula is C9H6N4O2. The predicted octanol–water partition coefficient (Wildman–Crippen LogP) is 2.26. The van der Waals surface area contributed by atoms with Crippen LogP contribution in [0.1, 0.15) is 5.56 Å². The maximum absolute atomic E-state index is 10.6. The molecule has 6 nitrogen and oxygen atoms in total. The first-order valence-corrected chi connectivity index (χ1v) is 3.99. The number of rotatable bonds is 2. The summed E-state index contributed by atoms with van der Waals surface area (Å²) < 4.78 is 0. The van der Waals surface area contributed by atoms with E-state index in [4.69, 9.17) is 5.53 Å². The van der Waals surface area contributed by atoms with E-state index in [-0.39, 0.29) is 12.2 Å². The summed E-state index contributed by atoms with van der Waals surface area (Å²) >= 11 is 0. The van der Waals surface area contributed by atoms with Crippen molar-refractivity contribution in [3.8, 4) is 11.8 Å². The van der Waals surface area contributed by atoms with Gasteiger partial charge in [0, 0.05) is 11.0 Å². The minimum atomic E-state index is -0.502. The number of hydrogen-bond acceptors (Lipinski definition) is 3. The van der Waals surface area contributed by atoms with Gasteiger partial charge < -0.3 is 0 Å². The largest absolute Gasteiger partial charge is 0.284 e. The van der Waals surface area contributed by atoms with Crippen LogP contribution in [-0.4, -0.2) is 11.5 Å². The summed E-state index contributed by atoms with van der Waals surface area (Å²) in [5.41, 5.74) is 8.25. The molecule has 6 heteroatoms. The Balaban J connectivity index is 2.96. The third kappa shape index (κ3) is 3.03. The quantitative estimate of drug-likeness (QED) is 0.184. The lowest BCUT2D eigenvalue weighted by Crippen LogP contribution is -1.91. The van der Waals surface area contributed by atoms with E-state index in [0.717, 1.165) is 0 Å². The van der Waals surface area contributed by atoms with Crippen molar-refractivity contribution in [2.24, 2.45) is 5.11 Å². The lowest BCUT2D eigenvalue weighted by Gasteiger charge is -1.92. The molecule has 0 aliphatic rings. The minimum absolute atomic E-state index is 0.00253. The van der Waals surface area contributed by atoms with Crippen LogP contribution in [0.2, 0.25) is 0 Å². The Kier molecular flexibility index (Phi) is 3.71. The fraction of sp³-hybridized carbons (Fsp3) is 0.111. The molecule has 0 aromatic heterocycles. The van der Waals surface area contributed by atoms with Crippen molar-refractivity contribution in [2.75, 3.05) is 6.54 Å². The van der Waals surface area contributed by atoms with Gasteiger partial charge in [-0.2, -0.15) is 0 Å². The Bertz CT molecular complexity index is 480. The van der Waals surface area contributed by atoms with Gasteiger partial charge in [-0.25, -0.2) is 0 Å². The Hall–Kier alpha value is -2.51. The zero-order valence-corrected chi connectivity index (χ0v) is 7.62. The van der Waals surface area contributed by atoms with Gasteiger partial charge in [-0.15, -0.1) is 0 Å². The van der Waals surface area contributed by atoms with Crippen molar-refractivity contribution in [2.45, 2.75) is 0 Å². The fourth-order valence-electron chi connectivity index (χ4n) is 0.940. The summed E-state index contributed by atoms with van der Waals surface area (Å²) in [6.45, 7) is 0.00253. The van der Waals surface area contributed by atoms with Crippen LogP contribution in [0.5, 0.6) is 0 Å². The zero-order valence-electron chi connectivity index (χ0n) is 7.62. The maximum Gasteiger partial charge on any atom is 0.284 e. The van der Waals surface area contributed by atoms with E-state index < -0.39 is 4.92 Å². The Morgan fingerprint density at radius 3 is 2.93 bits per heavy atom. The summed E-state index contributed by atoms with van der Waals surface area (Å²) in [5, 5.41) is 13.8. The first kappa shape index (κ1) is 10.6. The lowest BCUT2D eigenvalue weighted by atomic mass is 10.2. The molecule has 0 unspecified atom stereocenters. The summed E-state index contributed by atoms with van der Waals surface area (Å²) in [5.74, 6) is 5.10. The molecule has 15 heavy (non-hydrogen) atoms. The van der Waals surface area contributed by atoms with Gasteiger partial charge >= 0.3 is 0 Å². The number of nitro benzene ring substituents is 1. The Labute approximate surface area is 85.3 Å². The van der Waals surface area contributed by atoms with Gasteiger partial charge in [0.2, 0.25) is 0 Å². The number of hydrogen-bond donors (Lipinski definition) is 0. The van der Waals surface area contributed by atoms with Crippen LogP contribution in [0.25, 0.3) is 10.4 Å². The van der Waals surface area contributed by atoms with Gasteiger partial charge in [0.15, 0.2) is 0 Å². The first-order valence-electron chi connectivity index (χ1n) is 3.99. The van der Waals surface area contributed by atoms with E-state index in [1.807, 2.05) is 0 Å². The molecule has 0 aliphatic heterocycles. The first-order chi connectivity index (χ1) is 7.25. The smallest absolute Gasteiger partial charge is 0.258 e. The van der Waals surface area contributed by atoms with E-state index >= 15 is 0 Å². The highest BCUT2D eigenvalue weighted by Crippen LogP contribution is 2.15. The van der Waals surface area contributed by atoms with Gasteiger partial charge in [0.1, 0.15) is 5.56 Å². The third-order valence-corrected chi connectivity index (χ3v) is 1.54. The van der Waals surface area contributed by atoms with Gasteiger partial charge in [0.05, 0.1) is 11.5 Å². The minimum Gasteiger partial charge on any atom is -0.258 e. The van der Waals surface area contributed by atoms with E-state index in [1.54, 1.807) is 18.2 Å². The molecule has 1 aromatic carbocycles. The van der Waals surface area contributed by atoms with Crippen molar-refractivity contribution in [3.63, 3.8) is 0 Å². The predicted molar refractivity (Wildman–Crippen MR) is 54.0 cm³/mol. The molecule has 1 aromatic rings. The number of nitrogens with zero attached hydrogens (tertiary/aromatic N) is 4. The van der Waals surface area contributed by atoms with Crippen molar-refractivity contribution >= 4 is 5.69 Å². The average Bonchev–Trinajstić information content (AvgIpc) is 2.25. The molecule has 0 fully saturated rings. The molecule has 0 heterocycles. The standard InChI is InChI=1S/C9H6N4O2/c10-12-11-7-3-5-8-4-1-2-6-9(8)13(14)15/h1-2,4,6H,7H2. The lowest BCUT2D eigenvalue weighted by molar-refractivity contribution is -0.385. The van der Waals surface area contributed by atoms with Crippen molar-refractivity contribution in [3.05, 3.63) is 50.4 Å². The highest BCUT2D eigenvalue weighted by Gasteiger charge is 2.08. The topological polar surface area (TPSA) is 91.9 Å². The number of benzene rings is 1. The molecule has 0 atom stereocenters. The van der Waals surface area contributed by atoms with Crippen LogP contribution in [0.15, 0.2) is 29.4 Å². The number of azide groups is 1. The van der Waals surface area contributed by atoms with E-state index in [1.165, 1.54) is 6.07 Å². The van der Waals surface area contributed by atoms with Crippen molar-refractivity contribution in [1.29, 1.82) is 0 Å². The Morgan fingerprint density at radius 2 is 2.27 bits per heavy atom. The maximum atomic E-state index is 10.6. The average molecular weight is 202 g/mol. The second-order valence-electron chi connectivity index (χ2n) is 2.47. The summed E-state index contributed by atoms with van der Waals surface area (Å²) in [7, 11) is 0. The van der Waals surface area contributed by atoms with Crippen LogP contribution < -0.4 is 0 Å². The normalized spacial score (nSPS) is 8.27. The number of nitro groups is 1. The van der Waals surface area contributed by atoms with E-state index in [9.17, 15) is 10.1 Å². The third-order valence-electron chi connectivity index (χ3n) is 1.54. The highest BCUT2D eigenvalue weighted by atomic mass is 16.6. The monoisotopic (exact) mass is 202 g/mol. The number of para-hydroxylation sites is 1. The van der Waals surface area contributed by atoms with Gasteiger partial charge in [-0.05, 0) is 11.6 Å². The molecular weight excluding hydrogens is 196 g/mol. The SMILES string of the molecule is [N-]=[N+]=NCC#Cc1ccccc1[N+](=O)[O-]. The second kappa shape index (κ2) is 5.27. The van der Waals surface area contributed by atoms with E-state index in [2.05, 4.69) is 21.9 Å². The van der Waals surface area contributed by atoms with E-state index in [0.29, 0.717) is 5.56 Å². The molecule has 0 aliphatic carbocycles. The van der Waals surface area contributed by atoms with Gasteiger partial charge in [-0.1, -0.05) is 29.1 Å². The second-order valence-corrected chi connectivity index (χ2v) is 2.47. The van der Waals surface area contributed by atoms with Crippen molar-refractivity contribution < 1.29 is 4.92 Å². The molecule has 0 radical (unpaired) electrons. The highest BCUT2D eigenvalue weighted by molar-refractivity contribution is 5.50. The van der Waals surface area contributed by atoms with Gasteiger partial charge in [-0.3, -0.25) is 10.1 Å². The van der Waals surface area contributed by atoms with Crippen molar-refractivity contribution in [1.82, 2.24) is 0 Å². The molecule has 74 valence electrons. The van der Waals surface area contributed by atoms with Gasteiger partial charge in [0.25, 0.3) is 5.69 Å². The summed E-state index contributed by atoms with van der Waals surface area (Å²) in [6.07, 6.45) is 0. The van der Waals surface area contributed by atoms with Crippen LogP contribution in [-0.2, 0) is 0 Å². The van der Waals surface area contributed by atoms with Crippen LogP contribution in [0, 0.1) is 22.0 Å². The van der Waals surface area contributed by atoms with Crippen LogP contribution >= 0.6 is 0 Å².